The molecule has 1 atom stereocenters. The standard InChI is InChI=1S/C9H11NO4.In/c10-6(9(13)14)3-5-1-2-7(11)8(12)4-5;/h1-2,4,6,11-12H,3,10H2,(H,13,14);/t6-;/m0./s1. The minimum absolute atomic E-state index is 0. The summed E-state index contributed by atoms with van der Waals surface area (Å²) in [6.07, 6.45) is 0.114. The molecule has 3 radical (unpaired) electrons. The van der Waals surface area contributed by atoms with Gasteiger partial charge in [-0.3, -0.25) is 4.79 Å². The van der Waals surface area contributed by atoms with E-state index in [1.807, 2.05) is 0 Å². The minimum Gasteiger partial charge on any atom is -0.504 e. The maximum atomic E-state index is 10.4. The molecule has 5 nitrogen and oxygen atoms in total. The first-order valence-corrected chi connectivity index (χ1v) is 4.00. The van der Waals surface area contributed by atoms with Crippen LogP contribution in [-0.4, -0.2) is 53.2 Å². The van der Waals surface area contributed by atoms with E-state index >= 15 is 0 Å². The smallest absolute Gasteiger partial charge is 0.320 e. The Labute approximate surface area is 105 Å². The Morgan fingerprint density at radius 3 is 2.40 bits per heavy atom. The van der Waals surface area contributed by atoms with Crippen LogP contribution in [0.5, 0.6) is 11.5 Å². The molecule has 6 heteroatoms. The summed E-state index contributed by atoms with van der Waals surface area (Å²) in [6, 6.07) is 3.09. The van der Waals surface area contributed by atoms with E-state index in [1.165, 1.54) is 18.2 Å². The fourth-order valence-electron chi connectivity index (χ4n) is 1.04. The molecule has 0 unspecified atom stereocenters. The fourth-order valence-corrected chi connectivity index (χ4v) is 1.04. The van der Waals surface area contributed by atoms with E-state index in [4.69, 9.17) is 21.1 Å². The van der Waals surface area contributed by atoms with Crippen LogP contribution in [0.1, 0.15) is 5.56 Å². The van der Waals surface area contributed by atoms with Crippen LogP contribution < -0.4 is 5.73 Å². The number of nitrogens with two attached hydrogens (primary N) is 1. The molecule has 0 amide bonds. The molecule has 0 bridgehead atoms. The first kappa shape index (κ1) is 14.1. The van der Waals surface area contributed by atoms with Crippen molar-refractivity contribution in [2.75, 3.05) is 0 Å². The summed E-state index contributed by atoms with van der Waals surface area (Å²) < 4.78 is 0. The topological polar surface area (TPSA) is 104 Å². The van der Waals surface area contributed by atoms with E-state index in [0.717, 1.165) is 0 Å². The van der Waals surface area contributed by atoms with Crippen molar-refractivity contribution < 1.29 is 20.1 Å². The van der Waals surface area contributed by atoms with Crippen molar-refractivity contribution in [2.24, 2.45) is 5.73 Å². The summed E-state index contributed by atoms with van der Waals surface area (Å²) in [5.41, 5.74) is 5.86. The Kier molecular flexibility index (Phi) is 5.53. The molecule has 5 N–H and O–H groups in total. The van der Waals surface area contributed by atoms with E-state index in [0.29, 0.717) is 5.56 Å². The predicted octanol–water partition coefficient (Wildman–Crippen LogP) is -0.329. The molecule has 0 saturated heterocycles. The third-order valence-corrected chi connectivity index (χ3v) is 1.81. The summed E-state index contributed by atoms with van der Waals surface area (Å²) in [7, 11) is 0. The molecule has 0 aliphatic heterocycles. The second-order valence-electron chi connectivity index (χ2n) is 2.97. The largest absolute Gasteiger partial charge is 0.504 e. The average molecular weight is 312 g/mol. The third-order valence-electron chi connectivity index (χ3n) is 1.81. The van der Waals surface area contributed by atoms with Gasteiger partial charge in [-0.15, -0.1) is 0 Å². The van der Waals surface area contributed by atoms with Gasteiger partial charge < -0.3 is 21.1 Å². The molecule has 0 fully saturated rings. The first-order valence-electron chi connectivity index (χ1n) is 4.00. The summed E-state index contributed by atoms with van der Waals surface area (Å²) in [6.45, 7) is 0. The first-order chi connectivity index (χ1) is 6.50. The van der Waals surface area contributed by atoms with Crippen LogP contribution in [-0.2, 0) is 11.2 Å². The number of hydrogen-bond acceptors (Lipinski definition) is 4. The molecular formula is C9H11InNO4. The second-order valence-corrected chi connectivity index (χ2v) is 2.97. The molecule has 79 valence electrons. The van der Waals surface area contributed by atoms with Crippen LogP contribution in [0.15, 0.2) is 18.2 Å². The molecule has 1 aromatic rings. The van der Waals surface area contributed by atoms with Gasteiger partial charge in [0.05, 0.1) is 0 Å². The number of carboxylic acid groups (broad SMARTS) is 1. The molecule has 1 rings (SSSR count). The van der Waals surface area contributed by atoms with Crippen molar-refractivity contribution in [1.82, 2.24) is 0 Å². The molecule has 0 aromatic heterocycles. The molecule has 0 heterocycles. The normalized spacial score (nSPS) is 11.5. The number of benzene rings is 1. The molecular weight excluding hydrogens is 301 g/mol. The summed E-state index contributed by atoms with van der Waals surface area (Å²) in [5, 5.41) is 26.6. The van der Waals surface area contributed by atoms with Crippen LogP contribution in [0.25, 0.3) is 0 Å². The Bertz CT molecular complexity index is 356. The van der Waals surface area contributed by atoms with Crippen LogP contribution in [0.2, 0.25) is 0 Å². The van der Waals surface area contributed by atoms with Gasteiger partial charge in [-0.2, -0.15) is 0 Å². The van der Waals surface area contributed by atoms with Crippen molar-refractivity contribution in [3.63, 3.8) is 0 Å². The Balaban J connectivity index is 0.00000196. The molecule has 1 aromatic carbocycles. The Morgan fingerprint density at radius 2 is 1.93 bits per heavy atom. The zero-order chi connectivity index (χ0) is 10.7. The van der Waals surface area contributed by atoms with Crippen LogP contribution in [0.3, 0.4) is 0 Å². The number of phenols is 2. The van der Waals surface area contributed by atoms with Gasteiger partial charge in [-0.05, 0) is 24.1 Å². The number of phenolic OH excluding ortho intramolecular Hbond substituents is 2. The fraction of sp³-hybridized carbons (Fsp3) is 0.222. The number of hydrogen-bond donors (Lipinski definition) is 4. The predicted molar refractivity (Wildman–Crippen MR) is 54.8 cm³/mol. The van der Waals surface area contributed by atoms with E-state index in [9.17, 15) is 4.79 Å². The Morgan fingerprint density at radius 1 is 1.33 bits per heavy atom. The van der Waals surface area contributed by atoms with Crippen molar-refractivity contribution in [3.05, 3.63) is 23.8 Å². The summed E-state index contributed by atoms with van der Waals surface area (Å²) >= 11 is 0. The number of carbonyl (C=O) groups is 1. The number of aromatic hydroxyl groups is 2. The summed E-state index contributed by atoms with van der Waals surface area (Å²) in [5.74, 6) is -1.62. The summed E-state index contributed by atoms with van der Waals surface area (Å²) in [4.78, 5) is 10.4. The van der Waals surface area contributed by atoms with Gasteiger partial charge in [-0.1, -0.05) is 6.07 Å². The monoisotopic (exact) mass is 312 g/mol. The zero-order valence-electron chi connectivity index (χ0n) is 7.92. The minimum atomic E-state index is -1.10. The van der Waals surface area contributed by atoms with Crippen molar-refractivity contribution >= 4 is 31.8 Å². The van der Waals surface area contributed by atoms with Crippen molar-refractivity contribution in [2.45, 2.75) is 12.5 Å². The van der Waals surface area contributed by atoms with Crippen LogP contribution in [0, 0.1) is 0 Å². The maximum Gasteiger partial charge on any atom is 0.320 e. The van der Waals surface area contributed by atoms with Gasteiger partial charge >= 0.3 is 5.97 Å². The van der Waals surface area contributed by atoms with Gasteiger partial charge in [0, 0.05) is 25.8 Å². The van der Waals surface area contributed by atoms with Crippen LogP contribution in [0.4, 0.5) is 0 Å². The molecule has 0 aliphatic rings. The van der Waals surface area contributed by atoms with E-state index in [2.05, 4.69) is 0 Å². The second kappa shape index (κ2) is 5.87. The van der Waals surface area contributed by atoms with Gasteiger partial charge in [-0.25, -0.2) is 0 Å². The maximum absolute atomic E-state index is 10.4. The van der Waals surface area contributed by atoms with Crippen molar-refractivity contribution in [1.29, 1.82) is 0 Å². The number of aliphatic carboxylic acids is 1. The SMILES string of the molecule is N[C@@H](Cc1ccc(O)c(O)c1)C(=O)O.[In]. The van der Waals surface area contributed by atoms with E-state index in [1.54, 1.807) is 0 Å². The third kappa shape index (κ3) is 4.01. The van der Waals surface area contributed by atoms with E-state index < -0.39 is 12.0 Å². The number of carboxylic acids is 1. The van der Waals surface area contributed by atoms with Gasteiger partial charge in [0.1, 0.15) is 6.04 Å². The number of rotatable bonds is 3. The molecule has 0 saturated carbocycles. The van der Waals surface area contributed by atoms with Gasteiger partial charge in [0.15, 0.2) is 11.5 Å². The quantitative estimate of drug-likeness (QED) is 0.572. The van der Waals surface area contributed by atoms with Crippen molar-refractivity contribution in [3.8, 4) is 11.5 Å². The molecule has 0 spiro atoms. The average Bonchev–Trinajstić information content (AvgIpc) is 2.11. The molecule has 15 heavy (non-hydrogen) atoms. The van der Waals surface area contributed by atoms with Crippen LogP contribution >= 0.6 is 0 Å². The zero-order valence-corrected chi connectivity index (χ0v) is 11.2. The van der Waals surface area contributed by atoms with Gasteiger partial charge in [0.2, 0.25) is 0 Å². The Hall–Kier alpha value is -0.880. The van der Waals surface area contributed by atoms with E-state index in [-0.39, 0.29) is 43.8 Å². The van der Waals surface area contributed by atoms with Gasteiger partial charge in [0.25, 0.3) is 0 Å². The molecule has 0 aliphatic carbocycles.